The van der Waals surface area contributed by atoms with Gasteiger partial charge in [-0.1, -0.05) is 250 Å². The third kappa shape index (κ3) is 45.9. The third-order valence-corrected chi connectivity index (χ3v) is 12.6. The van der Waals surface area contributed by atoms with Crippen molar-refractivity contribution in [2.24, 2.45) is 5.73 Å². The van der Waals surface area contributed by atoms with Gasteiger partial charge in [0.05, 0.1) is 0 Å². The molecule has 2 N–H and O–H groups in total. The molecule has 0 rings (SSSR count). The fraction of sp³-hybridized carbons (Fsp3) is 0.891. The molecule has 0 aromatic heterocycles. The Kier molecular flexibility index (Phi) is 47.8. The standard InChI is InChI=1S/C55H107N/c1-4-7-10-13-16-19-22-25-28-31-34-37-40-43-46-49-52-55(56,53-50-47-44-41-38-35-32-29-26-23-20-17-14-11-8-5-2)54-51-48-45-42-39-36-33-30-27-24-21-18-15-12-9-6-3/h25-30H,4-24,31-54,56H2,1-3H3/b28-25-,29-26-,30-27-. The lowest BCUT2D eigenvalue weighted by atomic mass is 9.82. The van der Waals surface area contributed by atoms with E-state index in [-0.39, 0.29) is 5.54 Å². The van der Waals surface area contributed by atoms with E-state index in [0.29, 0.717) is 0 Å². The monoisotopic (exact) mass is 782 g/mol. The summed E-state index contributed by atoms with van der Waals surface area (Å²) in [4.78, 5) is 0. The van der Waals surface area contributed by atoms with E-state index in [1.165, 1.54) is 289 Å². The Hall–Kier alpha value is -0.820. The summed E-state index contributed by atoms with van der Waals surface area (Å²) in [6.45, 7) is 6.91. The average molecular weight is 782 g/mol. The molecule has 0 bridgehead atoms. The van der Waals surface area contributed by atoms with E-state index in [4.69, 9.17) is 5.73 Å². The quantitative estimate of drug-likeness (QED) is 0.0483. The Morgan fingerprint density at radius 3 is 0.589 bits per heavy atom. The maximum atomic E-state index is 7.26. The van der Waals surface area contributed by atoms with Crippen molar-refractivity contribution in [2.75, 3.05) is 0 Å². The highest BCUT2D eigenvalue weighted by Crippen LogP contribution is 2.27. The molecule has 0 saturated carbocycles. The molecule has 0 aromatic rings. The molecule has 332 valence electrons. The van der Waals surface area contributed by atoms with Crippen LogP contribution in [0.25, 0.3) is 0 Å². The first-order valence-corrected chi connectivity index (χ1v) is 26.4. The predicted molar refractivity (Wildman–Crippen MR) is 259 cm³/mol. The van der Waals surface area contributed by atoms with E-state index >= 15 is 0 Å². The highest BCUT2D eigenvalue weighted by molar-refractivity contribution is 4.85. The number of nitrogens with two attached hydrogens (primary N) is 1. The first kappa shape index (κ1) is 55.2. The molecule has 0 fully saturated rings. The van der Waals surface area contributed by atoms with Gasteiger partial charge >= 0.3 is 0 Å². The molecule has 0 aliphatic rings. The molecule has 0 aliphatic heterocycles. The second-order valence-corrected chi connectivity index (χ2v) is 18.4. The van der Waals surface area contributed by atoms with E-state index in [0.717, 1.165) is 0 Å². The summed E-state index contributed by atoms with van der Waals surface area (Å²) >= 11 is 0. The van der Waals surface area contributed by atoms with Crippen LogP contribution in [0.3, 0.4) is 0 Å². The van der Waals surface area contributed by atoms with Crippen molar-refractivity contribution in [1.82, 2.24) is 0 Å². The van der Waals surface area contributed by atoms with Gasteiger partial charge in [0.15, 0.2) is 0 Å². The SMILES string of the molecule is CCCCCCCC/C=C\CCCCCCCCC(N)(CCCCCCCC/C=C\CCCCCCCC)CCCCCCCC/C=C\CCCCCCCC. The van der Waals surface area contributed by atoms with Crippen molar-refractivity contribution < 1.29 is 0 Å². The summed E-state index contributed by atoms with van der Waals surface area (Å²) in [5.41, 5.74) is 7.34. The fourth-order valence-corrected chi connectivity index (χ4v) is 8.55. The summed E-state index contributed by atoms with van der Waals surface area (Å²) in [6.07, 6.45) is 76.5. The summed E-state index contributed by atoms with van der Waals surface area (Å²) < 4.78 is 0. The molecule has 0 heterocycles. The van der Waals surface area contributed by atoms with Crippen LogP contribution in [0.15, 0.2) is 36.5 Å². The minimum absolute atomic E-state index is 0.0857. The highest BCUT2D eigenvalue weighted by Gasteiger charge is 2.23. The molecular weight excluding hydrogens is 675 g/mol. The maximum Gasteiger partial charge on any atom is 0.0154 e. The Morgan fingerprint density at radius 2 is 0.393 bits per heavy atom. The van der Waals surface area contributed by atoms with Crippen molar-refractivity contribution in [3.63, 3.8) is 0 Å². The Bertz CT molecular complexity index is 688. The molecule has 56 heavy (non-hydrogen) atoms. The van der Waals surface area contributed by atoms with Gasteiger partial charge in [0.2, 0.25) is 0 Å². The lowest BCUT2D eigenvalue weighted by Crippen LogP contribution is -2.39. The van der Waals surface area contributed by atoms with E-state index < -0.39 is 0 Å². The maximum absolute atomic E-state index is 7.26. The van der Waals surface area contributed by atoms with Gasteiger partial charge in [-0.2, -0.15) is 0 Å². The fourth-order valence-electron chi connectivity index (χ4n) is 8.55. The first-order valence-electron chi connectivity index (χ1n) is 26.4. The van der Waals surface area contributed by atoms with E-state index in [9.17, 15) is 0 Å². The van der Waals surface area contributed by atoms with Gasteiger partial charge in [-0.3, -0.25) is 0 Å². The molecular formula is C55H107N. The van der Waals surface area contributed by atoms with Crippen LogP contribution in [0.4, 0.5) is 0 Å². The van der Waals surface area contributed by atoms with Gasteiger partial charge in [-0.15, -0.1) is 0 Å². The third-order valence-electron chi connectivity index (χ3n) is 12.6. The zero-order valence-electron chi connectivity index (χ0n) is 39.4. The van der Waals surface area contributed by atoms with Crippen LogP contribution in [0.5, 0.6) is 0 Å². The first-order chi connectivity index (χ1) is 27.7. The Labute approximate surface area is 356 Å². The van der Waals surface area contributed by atoms with Gasteiger partial charge in [0.1, 0.15) is 0 Å². The Morgan fingerprint density at radius 1 is 0.232 bits per heavy atom. The summed E-state index contributed by atoms with van der Waals surface area (Å²) in [6, 6.07) is 0. The van der Waals surface area contributed by atoms with Crippen molar-refractivity contribution in [2.45, 2.75) is 315 Å². The number of rotatable bonds is 48. The molecule has 1 nitrogen and oxygen atoms in total. The summed E-state index contributed by atoms with van der Waals surface area (Å²) in [5.74, 6) is 0. The lowest BCUT2D eigenvalue weighted by Gasteiger charge is -2.30. The summed E-state index contributed by atoms with van der Waals surface area (Å²) in [7, 11) is 0. The number of hydrogen-bond acceptors (Lipinski definition) is 1. The molecule has 1 heteroatoms. The van der Waals surface area contributed by atoms with E-state index in [2.05, 4.69) is 57.2 Å². The number of allylic oxidation sites excluding steroid dienone is 6. The van der Waals surface area contributed by atoms with Crippen LogP contribution in [0.1, 0.15) is 310 Å². The van der Waals surface area contributed by atoms with Crippen molar-refractivity contribution in [3.05, 3.63) is 36.5 Å². The summed E-state index contributed by atoms with van der Waals surface area (Å²) in [5, 5.41) is 0. The van der Waals surface area contributed by atoms with Crippen LogP contribution in [0, 0.1) is 0 Å². The zero-order valence-corrected chi connectivity index (χ0v) is 39.4. The normalized spacial score (nSPS) is 12.4. The number of hydrogen-bond donors (Lipinski definition) is 1. The van der Waals surface area contributed by atoms with Crippen molar-refractivity contribution in [3.8, 4) is 0 Å². The molecule has 0 atom stereocenters. The van der Waals surface area contributed by atoms with Gasteiger partial charge in [-0.25, -0.2) is 0 Å². The van der Waals surface area contributed by atoms with Gasteiger partial charge in [0.25, 0.3) is 0 Å². The average Bonchev–Trinajstić information content (AvgIpc) is 3.20. The predicted octanol–water partition coefficient (Wildman–Crippen LogP) is 20.0. The topological polar surface area (TPSA) is 26.0 Å². The van der Waals surface area contributed by atoms with Crippen LogP contribution >= 0.6 is 0 Å². The van der Waals surface area contributed by atoms with Crippen molar-refractivity contribution >= 4 is 0 Å². The van der Waals surface area contributed by atoms with Gasteiger partial charge < -0.3 is 5.73 Å². The minimum Gasteiger partial charge on any atom is -0.325 e. The smallest absolute Gasteiger partial charge is 0.0154 e. The van der Waals surface area contributed by atoms with E-state index in [1.54, 1.807) is 0 Å². The molecule has 0 aliphatic carbocycles. The number of unbranched alkanes of at least 4 members (excludes halogenated alkanes) is 36. The highest BCUT2D eigenvalue weighted by atomic mass is 14.7. The van der Waals surface area contributed by atoms with Gasteiger partial charge in [-0.05, 0) is 96.3 Å². The molecule has 0 spiro atoms. The molecule has 0 aromatic carbocycles. The van der Waals surface area contributed by atoms with Crippen LogP contribution in [-0.4, -0.2) is 5.54 Å². The zero-order chi connectivity index (χ0) is 40.6. The molecule has 0 radical (unpaired) electrons. The van der Waals surface area contributed by atoms with Crippen LogP contribution in [-0.2, 0) is 0 Å². The van der Waals surface area contributed by atoms with Gasteiger partial charge in [0, 0.05) is 5.54 Å². The Balaban J connectivity index is 4.19. The lowest BCUT2D eigenvalue weighted by molar-refractivity contribution is 0.302. The second kappa shape index (κ2) is 48.5. The van der Waals surface area contributed by atoms with Crippen LogP contribution < -0.4 is 5.73 Å². The van der Waals surface area contributed by atoms with Crippen molar-refractivity contribution in [1.29, 1.82) is 0 Å². The largest absolute Gasteiger partial charge is 0.325 e. The molecule has 0 saturated heterocycles. The molecule has 0 unspecified atom stereocenters. The van der Waals surface area contributed by atoms with E-state index in [1.807, 2.05) is 0 Å². The molecule has 0 amide bonds. The van der Waals surface area contributed by atoms with Crippen LogP contribution in [0.2, 0.25) is 0 Å². The second-order valence-electron chi connectivity index (χ2n) is 18.4. The minimum atomic E-state index is 0.0857.